The zero-order valence-electron chi connectivity index (χ0n) is 13.2. The van der Waals surface area contributed by atoms with Crippen LogP contribution < -0.4 is 4.74 Å². The number of carbonyl (C=O) groups excluding carboxylic acids is 1. The van der Waals surface area contributed by atoms with E-state index in [4.69, 9.17) is 9.73 Å². The van der Waals surface area contributed by atoms with Crippen molar-refractivity contribution >= 4 is 22.8 Å². The van der Waals surface area contributed by atoms with Crippen LogP contribution in [0.1, 0.15) is 24.5 Å². The summed E-state index contributed by atoms with van der Waals surface area (Å²) in [5.41, 5.74) is 4.76. The summed E-state index contributed by atoms with van der Waals surface area (Å²) in [5.74, 6) is 0.965. The van der Waals surface area contributed by atoms with Crippen LogP contribution >= 0.6 is 0 Å². The summed E-state index contributed by atoms with van der Waals surface area (Å²) in [4.78, 5) is 17.0. The van der Waals surface area contributed by atoms with Gasteiger partial charge in [-0.05, 0) is 47.9 Å². The summed E-state index contributed by atoms with van der Waals surface area (Å²) in [6, 6.07) is 16.0. The Morgan fingerprint density at radius 1 is 1.09 bits per heavy atom. The van der Waals surface area contributed by atoms with Crippen molar-refractivity contribution in [1.82, 2.24) is 0 Å². The van der Waals surface area contributed by atoms with Gasteiger partial charge in [0.05, 0.1) is 18.2 Å². The Hall–Kier alpha value is -2.68. The fraction of sp³-hybridized carbons (Fsp3) is 0.200. The molecule has 2 aromatic carbocycles. The molecule has 4 rings (SSSR count). The van der Waals surface area contributed by atoms with E-state index in [9.17, 15) is 4.79 Å². The molecular formula is C20H17NO2. The molecule has 1 atom stereocenters. The highest BCUT2D eigenvalue weighted by molar-refractivity contribution is 6.20. The molecule has 0 bridgehead atoms. The topological polar surface area (TPSA) is 38.7 Å². The van der Waals surface area contributed by atoms with Crippen molar-refractivity contribution in [3.05, 3.63) is 65.7 Å². The van der Waals surface area contributed by atoms with E-state index < -0.39 is 5.41 Å². The van der Waals surface area contributed by atoms with Gasteiger partial charge in [0.1, 0.15) is 5.75 Å². The molecule has 23 heavy (non-hydrogen) atoms. The van der Waals surface area contributed by atoms with Gasteiger partial charge in [-0.25, -0.2) is 0 Å². The van der Waals surface area contributed by atoms with Crippen LogP contribution in [0.15, 0.2) is 59.6 Å². The van der Waals surface area contributed by atoms with Crippen molar-refractivity contribution in [3.63, 3.8) is 0 Å². The third-order valence-corrected chi connectivity index (χ3v) is 4.88. The quantitative estimate of drug-likeness (QED) is 0.838. The molecule has 0 amide bonds. The van der Waals surface area contributed by atoms with Crippen LogP contribution in [0.4, 0.5) is 5.69 Å². The van der Waals surface area contributed by atoms with Crippen molar-refractivity contribution in [2.45, 2.75) is 18.8 Å². The summed E-state index contributed by atoms with van der Waals surface area (Å²) in [5, 5.41) is 0. The van der Waals surface area contributed by atoms with Crippen molar-refractivity contribution in [2.24, 2.45) is 4.99 Å². The highest BCUT2D eigenvalue weighted by atomic mass is 16.5. The second-order valence-corrected chi connectivity index (χ2v) is 6.05. The molecule has 1 aliphatic heterocycles. The second kappa shape index (κ2) is 4.92. The number of allylic oxidation sites excluding steroid dienone is 2. The number of rotatable bonds is 2. The smallest absolute Gasteiger partial charge is 0.157 e. The average molecular weight is 303 g/mol. The Bertz CT molecular complexity index is 861. The minimum Gasteiger partial charge on any atom is -0.497 e. The predicted octanol–water partition coefficient (Wildman–Crippen LogP) is 4.10. The molecule has 114 valence electrons. The summed E-state index contributed by atoms with van der Waals surface area (Å²) in [7, 11) is 1.65. The van der Waals surface area contributed by atoms with E-state index in [1.54, 1.807) is 13.2 Å². The van der Waals surface area contributed by atoms with Crippen LogP contribution in [0.2, 0.25) is 0 Å². The number of methoxy groups -OCH3 is 1. The molecule has 0 saturated carbocycles. The monoisotopic (exact) mass is 303 g/mol. The second-order valence-electron chi connectivity index (χ2n) is 6.05. The molecule has 1 aliphatic carbocycles. The first-order valence-corrected chi connectivity index (χ1v) is 7.70. The summed E-state index contributed by atoms with van der Waals surface area (Å²) in [6.07, 6.45) is 2.24. The average Bonchev–Trinajstić information content (AvgIpc) is 3.07. The lowest BCUT2D eigenvalue weighted by molar-refractivity contribution is -0.114. The normalized spacial score (nSPS) is 22.1. The van der Waals surface area contributed by atoms with E-state index in [-0.39, 0.29) is 5.78 Å². The van der Waals surface area contributed by atoms with Crippen molar-refractivity contribution in [1.29, 1.82) is 0 Å². The van der Waals surface area contributed by atoms with Crippen LogP contribution in [0, 0.1) is 0 Å². The lowest BCUT2D eigenvalue weighted by Gasteiger charge is -2.29. The fourth-order valence-electron chi connectivity index (χ4n) is 3.76. The summed E-state index contributed by atoms with van der Waals surface area (Å²) < 4.78 is 5.24. The van der Waals surface area contributed by atoms with Gasteiger partial charge in [-0.2, -0.15) is 0 Å². The van der Waals surface area contributed by atoms with E-state index in [1.807, 2.05) is 49.4 Å². The Kier molecular flexibility index (Phi) is 2.98. The van der Waals surface area contributed by atoms with Crippen LogP contribution in [-0.4, -0.2) is 18.6 Å². The van der Waals surface area contributed by atoms with Crippen LogP contribution in [0.3, 0.4) is 0 Å². The molecular weight excluding hydrogens is 286 g/mol. The van der Waals surface area contributed by atoms with Crippen molar-refractivity contribution in [2.75, 3.05) is 7.11 Å². The largest absolute Gasteiger partial charge is 0.497 e. The van der Waals surface area contributed by atoms with E-state index in [0.29, 0.717) is 6.42 Å². The van der Waals surface area contributed by atoms with Gasteiger partial charge in [0.2, 0.25) is 0 Å². The molecule has 3 heteroatoms. The van der Waals surface area contributed by atoms with E-state index in [2.05, 4.69) is 6.07 Å². The van der Waals surface area contributed by atoms with Crippen LogP contribution in [0.5, 0.6) is 5.75 Å². The first-order chi connectivity index (χ1) is 11.1. The van der Waals surface area contributed by atoms with Gasteiger partial charge in [0.25, 0.3) is 0 Å². The first kappa shape index (κ1) is 13.9. The maximum absolute atomic E-state index is 12.3. The van der Waals surface area contributed by atoms with Gasteiger partial charge in [0.15, 0.2) is 5.78 Å². The molecule has 0 aromatic heterocycles. The number of hydrogen-bond donors (Lipinski definition) is 0. The number of nitrogens with zero attached hydrogens (tertiary/aromatic N) is 1. The molecule has 3 nitrogen and oxygen atoms in total. The van der Waals surface area contributed by atoms with E-state index in [0.717, 1.165) is 33.8 Å². The Morgan fingerprint density at radius 2 is 1.83 bits per heavy atom. The number of carbonyl (C=O) groups is 1. The lowest BCUT2D eigenvalue weighted by Crippen LogP contribution is -2.31. The first-order valence-electron chi connectivity index (χ1n) is 7.70. The number of aliphatic imine (C=N–C) groups is 1. The molecule has 0 saturated heterocycles. The van der Waals surface area contributed by atoms with Gasteiger partial charge in [-0.15, -0.1) is 0 Å². The zero-order chi connectivity index (χ0) is 16.0. The van der Waals surface area contributed by atoms with Gasteiger partial charge >= 0.3 is 0 Å². The zero-order valence-corrected chi connectivity index (χ0v) is 13.2. The minimum absolute atomic E-state index is 0.155. The third-order valence-electron chi connectivity index (χ3n) is 4.88. The van der Waals surface area contributed by atoms with Crippen LogP contribution in [-0.2, 0) is 10.2 Å². The number of fused-ring (bicyclic) bond motifs is 2. The summed E-state index contributed by atoms with van der Waals surface area (Å²) >= 11 is 0. The van der Waals surface area contributed by atoms with Gasteiger partial charge in [-0.1, -0.05) is 30.3 Å². The molecule has 1 spiro atoms. The SMILES string of the molecule is COc1ccc(C2=CC(=O)CC23C(C)=Nc2ccccc23)cc1. The van der Waals surface area contributed by atoms with Crippen LogP contribution in [0.25, 0.3) is 5.57 Å². The molecule has 0 fully saturated rings. The molecule has 1 heterocycles. The molecule has 2 aliphatic rings. The maximum Gasteiger partial charge on any atom is 0.157 e. The minimum atomic E-state index is -0.414. The number of para-hydroxylation sites is 1. The number of hydrogen-bond acceptors (Lipinski definition) is 3. The van der Waals surface area contributed by atoms with Gasteiger partial charge < -0.3 is 4.74 Å². The number of ether oxygens (including phenoxy) is 1. The Balaban J connectivity index is 1.90. The standard InChI is InChI=1S/C20H17NO2/c1-13-20(17-5-3-4-6-19(17)21-13)12-15(22)11-18(20)14-7-9-16(23-2)10-8-14/h3-11H,12H2,1-2H3. The fourth-order valence-corrected chi connectivity index (χ4v) is 3.76. The van der Waals surface area contributed by atoms with E-state index >= 15 is 0 Å². The maximum atomic E-state index is 12.3. The van der Waals surface area contributed by atoms with Gasteiger partial charge in [0, 0.05) is 12.1 Å². The number of ketones is 1. The van der Waals surface area contributed by atoms with Gasteiger partial charge in [-0.3, -0.25) is 9.79 Å². The van der Waals surface area contributed by atoms with Crippen molar-refractivity contribution < 1.29 is 9.53 Å². The Labute approximate surface area is 135 Å². The highest BCUT2D eigenvalue weighted by Crippen LogP contribution is 2.53. The molecule has 1 unspecified atom stereocenters. The molecule has 0 radical (unpaired) electrons. The van der Waals surface area contributed by atoms with E-state index in [1.165, 1.54) is 0 Å². The molecule has 2 aromatic rings. The third kappa shape index (κ3) is 1.89. The number of benzene rings is 2. The predicted molar refractivity (Wildman–Crippen MR) is 91.5 cm³/mol. The van der Waals surface area contributed by atoms with Crippen molar-refractivity contribution in [3.8, 4) is 5.75 Å². The Morgan fingerprint density at radius 3 is 2.57 bits per heavy atom. The highest BCUT2D eigenvalue weighted by Gasteiger charge is 2.49. The molecule has 0 N–H and O–H groups in total. The lowest BCUT2D eigenvalue weighted by atomic mass is 9.70. The summed E-state index contributed by atoms with van der Waals surface area (Å²) in [6.45, 7) is 2.02.